The maximum Gasteiger partial charge on any atom is 0 e. The summed E-state index contributed by atoms with van der Waals surface area (Å²) < 4.78 is 0. The zero-order valence-corrected chi connectivity index (χ0v) is 19.8. The molecule has 0 N–H and O–H groups in total. The number of benzene rings is 4. The molecule has 0 nitrogen and oxygen atoms in total. The Morgan fingerprint density at radius 2 is 0.529 bits per heavy atom. The Balaban J connectivity index is 0.000000407. The Morgan fingerprint density at radius 1 is 0.294 bits per heavy atom. The van der Waals surface area contributed by atoms with Crippen LogP contribution in [0.3, 0.4) is 0 Å². The molecular weight excluding hydrogens is 455 g/mol. The van der Waals surface area contributed by atoms with Crippen molar-refractivity contribution in [3.63, 3.8) is 0 Å². The van der Waals surface area contributed by atoms with E-state index >= 15 is 0 Å². The predicted molar refractivity (Wildman–Crippen MR) is 141 cm³/mol. The van der Waals surface area contributed by atoms with Gasteiger partial charge in [-0.25, -0.2) is 12.1 Å². The molecule has 0 saturated carbocycles. The molecule has 0 aliphatic heterocycles. The molecule has 1 aliphatic rings. The molecule has 1 aliphatic carbocycles. The van der Waals surface area contributed by atoms with Crippen molar-refractivity contribution in [1.29, 1.82) is 0 Å². The number of rotatable bonds is 4. The standard InChI is InChI=1S/C28H20.C5H5.Co/c1-5-13-21(14-6-1)25-26(22-15-7-2-8-16-22)28(24-19-11-4-12-20-24)27(25)23-17-9-3-10-18-23;1-2-4-5-3-1;/h1-20H;1-5H;/q;-1;. The second-order valence-corrected chi connectivity index (χ2v) is 7.93. The third-order valence-corrected chi connectivity index (χ3v) is 5.81. The van der Waals surface area contributed by atoms with Crippen LogP contribution in [-0.4, -0.2) is 0 Å². The quantitative estimate of drug-likeness (QED) is 0.226. The van der Waals surface area contributed by atoms with Crippen LogP contribution in [0.15, 0.2) is 152 Å². The van der Waals surface area contributed by atoms with Crippen molar-refractivity contribution in [3.8, 4) is 0 Å². The van der Waals surface area contributed by atoms with E-state index in [0.717, 1.165) is 0 Å². The molecule has 1 heteroatoms. The van der Waals surface area contributed by atoms with Gasteiger partial charge in [-0.1, -0.05) is 121 Å². The minimum Gasteiger partial charge on any atom is -0.214 e. The predicted octanol–water partition coefficient (Wildman–Crippen LogP) is 8.63. The van der Waals surface area contributed by atoms with Gasteiger partial charge in [0.1, 0.15) is 0 Å². The van der Waals surface area contributed by atoms with Gasteiger partial charge in [-0.05, 0) is 44.5 Å². The van der Waals surface area contributed by atoms with E-state index < -0.39 is 0 Å². The summed E-state index contributed by atoms with van der Waals surface area (Å²) >= 11 is 0. The molecule has 5 aromatic rings. The molecule has 0 aromatic heterocycles. The molecule has 1 radical (unpaired) electrons. The van der Waals surface area contributed by atoms with Gasteiger partial charge in [-0.2, -0.15) is 18.2 Å². The van der Waals surface area contributed by atoms with E-state index in [2.05, 4.69) is 121 Å². The summed E-state index contributed by atoms with van der Waals surface area (Å²) in [4.78, 5) is 0. The fourth-order valence-corrected chi connectivity index (χ4v) is 4.33. The minimum absolute atomic E-state index is 0. The van der Waals surface area contributed by atoms with E-state index in [1.807, 2.05) is 30.3 Å². The summed E-state index contributed by atoms with van der Waals surface area (Å²) in [5.41, 5.74) is 10.4. The van der Waals surface area contributed by atoms with Gasteiger partial charge in [0, 0.05) is 16.8 Å². The summed E-state index contributed by atoms with van der Waals surface area (Å²) in [5.74, 6) is 0. The first-order valence-electron chi connectivity index (χ1n) is 11.3. The van der Waals surface area contributed by atoms with Crippen LogP contribution in [0.5, 0.6) is 0 Å². The average molecular weight is 480 g/mol. The van der Waals surface area contributed by atoms with Crippen LogP contribution >= 0.6 is 0 Å². The van der Waals surface area contributed by atoms with Crippen LogP contribution in [0.4, 0.5) is 0 Å². The van der Waals surface area contributed by atoms with Crippen molar-refractivity contribution in [2.75, 3.05) is 0 Å². The maximum absolute atomic E-state index is 2.21. The second-order valence-electron chi connectivity index (χ2n) is 7.93. The molecule has 0 bridgehead atoms. The van der Waals surface area contributed by atoms with Crippen molar-refractivity contribution in [1.82, 2.24) is 0 Å². The monoisotopic (exact) mass is 480 g/mol. The Morgan fingerprint density at radius 3 is 0.706 bits per heavy atom. The van der Waals surface area contributed by atoms with Gasteiger partial charge in [0.05, 0.1) is 0 Å². The van der Waals surface area contributed by atoms with Crippen LogP contribution in [0.25, 0.3) is 22.3 Å². The largest absolute Gasteiger partial charge is 0.214 e. The molecule has 0 saturated heterocycles. The van der Waals surface area contributed by atoms with Gasteiger partial charge in [-0.15, -0.1) is 0 Å². The van der Waals surface area contributed by atoms with Crippen LogP contribution < -0.4 is 0 Å². The fourth-order valence-electron chi connectivity index (χ4n) is 4.33. The van der Waals surface area contributed by atoms with Crippen molar-refractivity contribution < 1.29 is 16.8 Å². The number of allylic oxidation sites excluding steroid dienone is 4. The molecule has 0 unspecified atom stereocenters. The van der Waals surface area contributed by atoms with E-state index in [1.165, 1.54) is 44.5 Å². The van der Waals surface area contributed by atoms with Crippen LogP contribution in [0.1, 0.15) is 22.3 Å². The molecule has 0 spiro atoms. The van der Waals surface area contributed by atoms with E-state index in [0.29, 0.717) is 0 Å². The average Bonchev–Trinajstić information content (AvgIpc) is 3.47. The summed E-state index contributed by atoms with van der Waals surface area (Å²) in [7, 11) is 0. The van der Waals surface area contributed by atoms with Crippen molar-refractivity contribution >= 4 is 22.3 Å². The van der Waals surface area contributed by atoms with Crippen molar-refractivity contribution in [2.24, 2.45) is 0 Å². The van der Waals surface area contributed by atoms with Crippen LogP contribution in [-0.2, 0) is 16.8 Å². The van der Waals surface area contributed by atoms with E-state index in [9.17, 15) is 0 Å². The zero-order chi connectivity index (χ0) is 22.3. The zero-order valence-electron chi connectivity index (χ0n) is 18.8. The smallest absolute Gasteiger partial charge is 0 e. The van der Waals surface area contributed by atoms with Gasteiger partial charge in [-0.3, -0.25) is 0 Å². The molecule has 167 valence electrons. The summed E-state index contributed by atoms with van der Waals surface area (Å²) in [6, 6.07) is 53.0. The van der Waals surface area contributed by atoms with Crippen molar-refractivity contribution in [2.45, 2.75) is 0 Å². The molecule has 6 rings (SSSR count). The molecule has 34 heavy (non-hydrogen) atoms. The number of hydrogen-bond donors (Lipinski definition) is 0. The molecule has 0 fully saturated rings. The van der Waals surface area contributed by atoms with E-state index in [-0.39, 0.29) is 16.8 Å². The molecule has 5 aromatic carbocycles. The van der Waals surface area contributed by atoms with Crippen LogP contribution in [0.2, 0.25) is 0 Å². The minimum atomic E-state index is 0. The Bertz CT molecular complexity index is 1130. The van der Waals surface area contributed by atoms with Gasteiger partial charge < -0.3 is 0 Å². The molecule has 0 heterocycles. The number of hydrogen-bond acceptors (Lipinski definition) is 0. The molecule has 0 atom stereocenters. The Kier molecular flexibility index (Phi) is 7.82. The van der Waals surface area contributed by atoms with Gasteiger partial charge >= 0.3 is 0 Å². The van der Waals surface area contributed by atoms with Gasteiger partial charge in [0.15, 0.2) is 0 Å². The topological polar surface area (TPSA) is 0 Å². The fraction of sp³-hybridized carbons (Fsp3) is 0. The van der Waals surface area contributed by atoms with Gasteiger partial charge in [0.2, 0.25) is 0 Å². The molecule has 0 amide bonds. The second kappa shape index (κ2) is 11.4. The van der Waals surface area contributed by atoms with Crippen LogP contribution in [0, 0.1) is 0 Å². The van der Waals surface area contributed by atoms with Gasteiger partial charge in [0.25, 0.3) is 0 Å². The first-order valence-corrected chi connectivity index (χ1v) is 11.3. The van der Waals surface area contributed by atoms with Crippen molar-refractivity contribution in [3.05, 3.63) is 174 Å². The van der Waals surface area contributed by atoms with E-state index in [1.54, 1.807) is 0 Å². The Labute approximate surface area is 212 Å². The summed E-state index contributed by atoms with van der Waals surface area (Å²) in [6.45, 7) is 0. The SMILES string of the molecule is [Co].c1cc[cH-]c1.c1ccc(C2=C(c3ccccc3)C(c3ccccc3)=C2c2ccccc2)cc1. The first-order chi connectivity index (χ1) is 16.4. The summed E-state index contributed by atoms with van der Waals surface area (Å²) in [5, 5.41) is 0. The third-order valence-electron chi connectivity index (χ3n) is 5.81. The Hall–Kier alpha value is -3.78. The van der Waals surface area contributed by atoms with E-state index in [4.69, 9.17) is 0 Å². The first kappa shape index (κ1) is 23.4. The molecular formula is C33H25Co-. The third kappa shape index (κ3) is 4.91. The maximum atomic E-state index is 2.21. The normalized spacial score (nSPS) is 12.2. The summed E-state index contributed by atoms with van der Waals surface area (Å²) in [6.07, 6.45) is 0.